The summed E-state index contributed by atoms with van der Waals surface area (Å²) in [5.74, 6) is 1.15. The Kier molecular flexibility index (Phi) is 6.76. The summed E-state index contributed by atoms with van der Waals surface area (Å²) in [6.45, 7) is 5.94. The summed E-state index contributed by atoms with van der Waals surface area (Å²) in [5, 5.41) is 19.8. The zero-order chi connectivity index (χ0) is 25.5. The second-order valence-corrected chi connectivity index (χ2v) is 9.57. The van der Waals surface area contributed by atoms with Gasteiger partial charge in [0.25, 0.3) is 0 Å². The van der Waals surface area contributed by atoms with E-state index in [0.717, 1.165) is 23.8 Å². The number of fused-ring (bicyclic) bond motifs is 1. The van der Waals surface area contributed by atoms with Crippen LogP contribution in [0.25, 0.3) is 0 Å². The summed E-state index contributed by atoms with van der Waals surface area (Å²) in [7, 11) is 1.91. The Balaban J connectivity index is 1.30. The van der Waals surface area contributed by atoms with Crippen molar-refractivity contribution >= 4 is 23.4 Å². The highest BCUT2D eigenvalue weighted by molar-refractivity contribution is 5.79. The van der Waals surface area contributed by atoms with Gasteiger partial charge in [-0.3, -0.25) is 9.78 Å². The van der Waals surface area contributed by atoms with E-state index in [1.54, 1.807) is 0 Å². The summed E-state index contributed by atoms with van der Waals surface area (Å²) in [5.41, 5.74) is 0.871. The Morgan fingerprint density at radius 3 is 2.57 bits per heavy atom. The summed E-state index contributed by atoms with van der Waals surface area (Å²) >= 11 is 0. The minimum Gasteiger partial charge on any atom is -0.372 e. The van der Waals surface area contributed by atoms with Crippen LogP contribution < -0.4 is 20.9 Å². The minimum atomic E-state index is -4.50. The molecule has 2 atom stereocenters. The molecule has 2 aromatic heterocycles. The number of amides is 1. The quantitative estimate of drug-likeness (QED) is 0.486. The molecule has 190 valence electrons. The molecule has 1 unspecified atom stereocenters. The van der Waals surface area contributed by atoms with Crippen LogP contribution in [0.4, 0.5) is 30.6 Å². The van der Waals surface area contributed by atoms with Crippen molar-refractivity contribution in [1.29, 1.82) is 0 Å². The van der Waals surface area contributed by atoms with Gasteiger partial charge in [0.05, 0.1) is 18.2 Å². The van der Waals surface area contributed by atoms with Crippen LogP contribution in [-0.4, -0.2) is 57.4 Å². The Bertz CT molecular complexity index is 1070. The van der Waals surface area contributed by atoms with Gasteiger partial charge < -0.3 is 26.0 Å². The number of nitrogens with one attached hydrogen (secondary N) is 3. The van der Waals surface area contributed by atoms with E-state index in [4.69, 9.17) is 0 Å². The molecule has 9 nitrogen and oxygen atoms in total. The van der Waals surface area contributed by atoms with Crippen LogP contribution in [0.15, 0.2) is 18.3 Å². The first-order valence-electron chi connectivity index (χ1n) is 11.6. The molecule has 12 heteroatoms. The number of rotatable bonds is 6. The van der Waals surface area contributed by atoms with Crippen LogP contribution in [0, 0.1) is 12.8 Å². The number of likely N-dealkylation sites (N-methyl/N-ethyl adjacent to an activating group) is 1. The van der Waals surface area contributed by atoms with Gasteiger partial charge in [-0.2, -0.15) is 18.2 Å². The van der Waals surface area contributed by atoms with Crippen molar-refractivity contribution in [2.24, 2.45) is 5.92 Å². The third-order valence-corrected chi connectivity index (χ3v) is 6.47. The van der Waals surface area contributed by atoms with Crippen molar-refractivity contribution < 1.29 is 23.1 Å². The number of aromatic nitrogens is 3. The van der Waals surface area contributed by atoms with Gasteiger partial charge in [0.15, 0.2) is 5.82 Å². The van der Waals surface area contributed by atoms with E-state index in [-0.39, 0.29) is 36.4 Å². The van der Waals surface area contributed by atoms with Crippen molar-refractivity contribution in [3.63, 3.8) is 0 Å². The highest BCUT2D eigenvalue weighted by Crippen LogP contribution is 2.36. The van der Waals surface area contributed by atoms with E-state index in [9.17, 15) is 23.1 Å². The molecule has 0 aromatic carbocycles. The van der Waals surface area contributed by atoms with Gasteiger partial charge in [-0.05, 0) is 37.3 Å². The van der Waals surface area contributed by atoms with Gasteiger partial charge in [-0.15, -0.1) is 0 Å². The van der Waals surface area contributed by atoms with Crippen LogP contribution in [0.3, 0.4) is 0 Å². The van der Waals surface area contributed by atoms with Crippen LogP contribution in [0.5, 0.6) is 0 Å². The second kappa shape index (κ2) is 9.48. The highest BCUT2D eigenvalue weighted by Gasteiger charge is 2.36. The van der Waals surface area contributed by atoms with Gasteiger partial charge >= 0.3 is 6.18 Å². The molecule has 4 rings (SSSR count). The minimum absolute atomic E-state index is 0.0327. The summed E-state index contributed by atoms with van der Waals surface area (Å²) in [6.07, 6.45) is -2.82. The average Bonchev–Trinajstić information content (AvgIpc) is 2.72. The molecule has 1 amide bonds. The van der Waals surface area contributed by atoms with Gasteiger partial charge in [-0.1, -0.05) is 19.9 Å². The normalized spacial score (nSPS) is 23.9. The first-order chi connectivity index (χ1) is 16.4. The van der Waals surface area contributed by atoms with Gasteiger partial charge in [0.2, 0.25) is 11.9 Å². The topological polar surface area (TPSA) is 115 Å². The molecular weight excluding hydrogens is 463 g/mol. The summed E-state index contributed by atoms with van der Waals surface area (Å²) in [6, 6.07) is 2.06. The molecule has 3 heterocycles. The smallest absolute Gasteiger partial charge is 0.372 e. The molecule has 0 bridgehead atoms. The molecule has 4 N–H and O–H groups in total. The van der Waals surface area contributed by atoms with Crippen molar-refractivity contribution in [1.82, 2.24) is 20.3 Å². The number of nitrogens with zero attached hydrogens (tertiary/aromatic N) is 4. The number of carbonyl (C=O) groups is 1. The average molecular weight is 494 g/mol. The summed E-state index contributed by atoms with van der Waals surface area (Å²) in [4.78, 5) is 26.8. The van der Waals surface area contributed by atoms with E-state index in [1.807, 2.05) is 32.7 Å². The molecule has 2 aromatic rings. The fourth-order valence-electron chi connectivity index (χ4n) is 4.64. The van der Waals surface area contributed by atoms with Gasteiger partial charge in [-0.25, -0.2) is 4.98 Å². The molecule has 0 saturated heterocycles. The maximum absolute atomic E-state index is 12.6. The lowest BCUT2D eigenvalue weighted by Gasteiger charge is -2.42. The number of hydrogen-bond donors (Lipinski definition) is 4. The molecule has 0 spiro atoms. The SMILES string of the molecule is Cc1nc(NC2CC(NC(=O)Cc3ccc(C(F)(F)F)nc3)C2)nc2c1NC(O)[C@H](C(C)C)N2C. The number of anilines is 3. The predicted molar refractivity (Wildman–Crippen MR) is 125 cm³/mol. The van der Waals surface area contributed by atoms with E-state index >= 15 is 0 Å². The Labute approximate surface area is 201 Å². The van der Waals surface area contributed by atoms with E-state index in [1.165, 1.54) is 6.07 Å². The Morgan fingerprint density at radius 1 is 1.26 bits per heavy atom. The van der Waals surface area contributed by atoms with Gasteiger partial charge in [0, 0.05) is 25.3 Å². The van der Waals surface area contributed by atoms with Crippen molar-refractivity contribution in [3.05, 3.63) is 35.3 Å². The van der Waals surface area contributed by atoms with Crippen molar-refractivity contribution in [2.75, 3.05) is 22.6 Å². The largest absolute Gasteiger partial charge is 0.433 e. The molecule has 1 aliphatic heterocycles. The van der Waals surface area contributed by atoms with Gasteiger partial charge in [0.1, 0.15) is 17.6 Å². The van der Waals surface area contributed by atoms with Crippen molar-refractivity contribution in [3.8, 4) is 0 Å². The first-order valence-corrected chi connectivity index (χ1v) is 11.6. The molecule has 0 radical (unpaired) electrons. The Hall–Kier alpha value is -3.15. The molecule has 35 heavy (non-hydrogen) atoms. The van der Waals surface area contributed by atoms with Crippen LogP contribution >= 0.6 is 0 Å². The van der Waals surface area contributed by atoms with Crippen LogP contribution in [0.2, 0.25) is 0 Å². The van der Waals surface area contributed by atoms with Crippen LogP contribution in [-0.2, 0) is 17.4 Å². The number of aryl methyl sites for hydroxylation is 1. The third-order valence-electron chi connectivity index (χ3n) is 6.47. The zero-order valence-electron chi connectivity index (χ0n) is 20.0. The maximum Gasteiger partial charge on any atom is 0.433 e. The lowest BCUT2D eigenvalue weighted by molar-refractivity contribution is -0.141. The lowest BCUT2D eigenvalue weighted by atomic mass is 9.86. The number of halogens is 3. The predicted octanol–water partition coefficient (Wildman–Crippen LogP) is 2.71. The van der Waals surface area contributed by atoms with E-state index in [2.05, 4.69) is 30.9 Å². The number of pyridine rings is 1. The molecule has 1 fully saturated rings. The number of aliphatic hydroxyl groups excluding tert-OH is 1. The lowest BCUT2D eigenvalue weighted by Crippen LogP contribution is -2.53. The standard InChI is InChI=1S/C23H30F3N7O2/c1-11(2)19-21(35)31-18-12(3)28-22(32-20(18)33(19)4)30-15-8-14(9-15)29-17(34)7-13-5-6-16(27-10-13)23(24,25)26/h5-6,10-11,14-15,19,21,31,35H,7-9H2,1-4H3,(H,29,34)(H,28,30,32)/t14?,15?,19-,21?/m0/s1. The highest BCUT2D eigenvalue weighted by atomic mass is 19.4. The molecular formula is C23H30F3N7O2. The monoisotopic (exact) mass is 493 g/mol. The molecule has 2 aliphatic rings. The maximum atomic E-state index is 12.6. The van der Waals surface area contributed by atoms with Crippen LogP contribution in [0.1, 0.15) is 43.6 Å². The van der Waals surface area contributed by atoms with Crippen molar-refractivity contribution in [2.45, 2.75) is 70.6 Å². The fourth-order valence-corrected chi connectivity index (χ4v) is 4.64. The second-order valence-electron chi connectivity index (χ2n) is 9.57. The molecule has 1 saturated carbocycles. The number of alkyl halides is 3. The number of hydrogen-bond acceptors (Lipinski definition) is 8. The molecule has 1 aliphatic carbocycles. The number of carbonyl (C=O) groups excluding carboxylic acids is 1. The Morgan fingerprint density at radius 2 is 1.97 bits per heavy atom. The first kappa shape index (κ1) is 25.0. The van der Waals surface area contributed by atoms with E-state index in [0.29, 0.717) is 30.0 Å². The number of aliphatic hydroxyl groups is 1. The fraction of sp³-hybridized carbons (Fsp3) is 0.565. The summed E-state index contributed by atoms with van der Waals surface area (Å²) < 4.78 is 37.9. The van der Waals surface area contributed by atoms with E-state index < -0.39 is 18.1 Å². The zero-order valence-corrected chi connectivity index (χ0v) is 20.0. The third kappa shape index (κ3) is 5.42.